The third-order valence-electron chi connectivity index (χ3n) is 3.36. The molecule has 1 heterocycles. The Bertz CT molecular complexity index is 670. The van der Waals surface area contributed by atoms with Crippen LogP contribution in [0.1, 0.15) is 54.8 Å². The van der Waals surface area contributed by atoms with Gasteiger partial charge in [0.15, 0.2) is 0 Å². The van der Waals surface area contributed by atoms with Gasteiger partial charge in [0.1, 0.15) is 6.04 Å². The molecule has 7 nitrogen and oxygen atoms in total. The predicted molar refractivity (Wildman–Crippen MR) is 84.7 cm³/mol. The minimum absolute atomic E-state index is 0.180. The lowest BCUT2D eigenvalue weighted by molar-refractivity contribution is -0.171. The zero-order valence-electron chi connectivity index (χ0n) is 14.1. The van der Waals surface area contributed by atoms with Crippen molar-refractivity contribution in [3.8, 4) is 0 Å². The highest BCUT2D eigenvalue weighted by Crippen LogP contribution is 2.23. The number of hydrogen-bond donors (Lipinski definition) is 1. The molecule has 1 atom stereocenters. The monoisotopic (exact) mass is 332 g/mol. The molecule has 0 fully saturated rings. The fourth-order valence-electron chi connectivity index (χ4n) is 2.25. The molecule has 1 aromatic rings. The number of nitrogens with one attached hydrogen (secondary N) is 1. The number of hydroxylamine groups is 2. The zero-order valence-corrected chi connectivity index (χ0v) is 14.1. The average molecular weight is 332 g/mol. The molecule has 0 saturated carbocycles. The molecule has 0 aromatic heterocycles. The molecule has 2 rings (SSSR count). The summed E-state index contributed by atoms with van der Waals surface area (Å²) in [6.07, 6.45) is 0.234. The van der Waals surface area contributed by atoms with Crippen LogP contribution in [-0.4, -0.2) is 34.8 Å². The normalized spacial score (nSPS) is 15.1. The van der Waals surface area contributed by atoms with Gasteiger partial charge in [0.2, 0.25) is 5.91 Å². The van der Waals surface area contributed by atoms with E-state index in [2.05, 4.69) is 5.32 Å². The van der Waals surface area contributed by atoms with Gasteiger partial charge in [-0.15, -0.1) is 0 Å². The third-order valence-corrected chi connectivity index (χ3v) is 3.36. The smallest absolute Gasteiger partial charge is 0.343 e. The number of imide groups is 1. The summed E-state index contributed by atoms with van der Waals surface area (Å²) in [6.45, 7) is 7.12. The van der Waals surface area contributed by atoms with Crippen molar-refractivity contribution in [2.75, 3.05) is 0 Å². The molecule has 1 unspecified atom stereocenters. The fraction of sp³-hybridized carbons (Fsp3) is 0.412. The quantitative estimate of drug-likeness (QED) is 0.847. The first-order valence-electron chi connectivity index (χ1n) is 7.59. The molecule has 128 valence electrons. The van der Waals surface area contributed by atoms with Gasteiger partial charge in [-0.05, 0) is 24.5 Å². The van der Waals surface area contributed by atoms with Crippen molar-refractivity contribution >= 4 is 23.7 Å². The van der Waals surface area contributed by atoms with E-state index in [9.17, 15) is 19.2 Å². The molecule has 0 saturated heterocycles. The Morgan fingerprint density at radius 1 is 1.12 bits per heavy atom. The van der Waals surface area contributed by atoms with Crippen LogP contribution in [0, 0.1) is 5.41 Å². The van der Waals surface area contributed by atoms with E-state index in [1.807, 2.05) is 20.8 Å². The van der Waals surface area contributed by atoms with Gasteiger partial charge in [-0.1, -0.05) is 38.0 Å². The number of benzene rings is 1. The largest absolute Gasteiger partial charge is 0.354 e. The SMILES string of the molecule is CC(NC(=O)CC(C)(C)C)C(=O)ON1C(=O)c2ccccc2C1=O. The molecule has 0 bridgehead atoms. The summed E-state index contributed by atoms with van der Waals surface area (Å²) in [5.41, 5.74) is 0.135. The second-order valence-electron chi connectivity index (χ2n) is 6.89. The van der Waals surface area contributed by atoms with E-state index >= 15 is 0 Å². The van der Waals surface area contributed by atoms with Gasteiger partial charge in [-0.25, -0.2) is 4.79 Å². The van der Waals surface area contributed by atoms with Gasteiger partial charge in [0.25, 0.3) is 11.8 Å². The number of nitrogens with zero attached hydrogens (tertiary/aromatic N) is 1. The zero-order chi connectivity index (χ0) is 18.1. The summed E-state index contributed by atoms with van der Waals surface area (Å²) in [4.78, 5) is 53.0. The van der Waals surface area contributed by atoms with Gasteiger partial charge < -0.3 is 10.2 Å². The molecule has 7 heteroatoms. The number of carbonyl (C=O) groups is 4. The molecular formula is C17H20N2O5. The lowest BCUT2D eigenvalue weighted by Crippen LogP contribution is -2.44. The van der Waals surface area contributed by atoms with Gasteiger partial charge in [-0.3, -0.25) is 14.4 Å². The van der Waals surface area contributed by atoms with Crippen molar-refractivity contribution in [1.29, 1.82) is 0 Å². The van der Waals surface area contributed by atoms with Crippen LogP contribution < -0.4 is 5.32 Å². The molecule has 1 aliphatic rings. The highest BCUT2D eigenvalue weighted by Gasteiger charge is 2.39. The number of fused-ring (bicyclic) bond motifs is 1. The Kier molecular flexibility index (Phi) is 4.73. The maximum Gasteiger partial charge on any atom is 0.354 e. The second-order valence-corrected chi connectivity index (χ2v) is 6.89. The summed E-state index contributed by atoms with van der Waals surface area (Å²) < 4.78 is 0. The Hall–Kier alpha value is -2.70. The van der Waals surface area contributed by atoms with Crippen molar-refractivity contribution in [2.45, 2.75) is 40.2 Å². The van der Waals surface area contributed by atoms with Gasteiger partial charge in [-0.2, -0.15) is 0 Å². The predicted octanol–water partition coefficient (Wildman–Crippen LogP) is 1.68. The van der Waals surface area contributed by atoms with Crippen molar-refractivity contribution < 1.29 is 24.0 Å². The van der Waals surface area contributed by atoms with Crippen LogP contribution in [0.5, 0.6) is 0 Å². The number of hydrogen-bond acceptors (Lipinski definition) is 5. The second kappa shape index (κ2) is 6.43. The first kappa shape index (κ1) is 17.7. The number of rotatable bonds is 4. The number of carbonyl (C=O) groups excluding carboxylic acids is 4. The summed E-state index contributed by atoms with van der Waals surface area (Å²) in [5, 5.41) is 2.93. The minimum Gasteiger partial charge on any atom is -0.343 e. The van der Waals surface area contributed by atoms with E-state index < -0.39 is 23.8 Å². The highest BCUT2D eigenvalue weighted by molar-refractivity contribution is 6.20. The molecule has 0 radical (unpaired) electrons. The van der Waals surface area contributed by atoms with E-state index in [4.69, 9.17) is 4.84 Å². The van der Waals surface area contributed by atoms with E-state index in [0.29, 0.717) is 5.06 Å². The van der Waals surface area contributed by atoms with Gasteiger partial charge >= 0.3 is 5.97 Å². The number of amides is 3. The van der Waals surface area contributed by atoms with Crippen LogP contribution in [0.2, 0.25) is 0 Å². The molecule has 0 spiro atoms. The van der Waals surface area contributed by atoms with Crippen LogP contribution in [-0.2, 0) is 14.4 Å². The van der Waals surface area contributed by atoms with Crippen LogP contribution in [0.15, 0.2) is 24.3 Å². The molecule has 0 aliphatic carbocycles. The molecule has 1 N–H and O–H groups in total. The van der Waals surface area contributed by atoms with Crippen molar-refractivity contribution in [3.63, 3.8) is 0 Å². The summed E-state index contributed by atoms with van der Waals surface area (Å²) >= 11 is 0. The molecule has 1 aliphatic heterocycles. The highest BCUT2D eigenvalue weighted by atomic mass is 16.7. The lowest BCUT2D eigenvalue weighted by atomic mass is 9.92. The van der Waals surface area contributed by atoms with E-state index in [1.54, 1.807) is 12.1 Å². The Morgan fingerprint density at radius 3 is 2.08 bits per heavy atom. The maximum atomic E-state index is 12.1. The van der Waals surface area contributed by atoms with Crippen molar-refractivity contribution in [1.82, 2.24) is 10.4 Å². The average Bonchev–Trinajstić information content (AvgIpc) is 2.70. The summed E-state index contributed by atoms with van der Waals surface area (Å²) in [5.74, 6) is -2.59. The molecular weight excluding hydrogens is 312 g/mol. The molecule has 24 heavy (non-hydrogen) atoms. The van der Waals surface area contributed by atoms with Gasteiger partial charge in [0, 0.05) is 6.42 Å². The Labute approximate surface area is 139 Å². The Morgan fingerprint density at radius 2 is 1.62 bits per heavy atom. The first-order valence-corrected chi connectivity index (χ1v) is 7.59. The minimum atomic E-state index is -0.982. The van der Waals surface area contributed by atoms with Gasteiger partial charge in [0.05, 0.1) is 11.1 Å². The molecule has 3 amide bonds. The fourth-order valence-corrected chi connectivity index (χ4v) is 2.25. The van der Waals surface area contributed by atoms with Crippen LogP contribution >= 0.6 is 0 Å². The van der Waals surface area contributed by atoms with E-state index in [0.717, 1.165) is 0 Å². The standard InChI is InChI=1S/C17H20N2O5/c1-10(18-13(20)9-17(2,3)4)16(23)24-19-14(21)11-7-5-6-8-12(11)15(19)22/h5-8,10H,9H2,1-4H3,(H,18,20). The maximum absolute atomic E-state index is 12.1. The van der Waals surface area contributed by atoms with E-state index in [1.165, 1.54) is 19.1 Å². The van der Waals surface area contributed by atoms with Crippen LogP contribution in [0.25, 0.3) is 0 Å². The third kappa shape index (κ3) is 3.79. The van der Waals surface area contributed by atoms with Crippen LogP contribution in [0.4, 0.5) is 0 Å². The topological polar surface area (TPSA) is 92.8 Å². The van der Waals surface area contributed by atoms with Crippen molar-refractivity contribution in [2.24, 2.45) is 5.41 Å². The lowest BCUT2D eigenvalue weighted by Gasteiger charge is -2.20. The van der Waals surface area contributed by atoms with Crippen molar-refractivity contribution in [3.05, 3.63) is 35.4 Å². The molecule has 1 aromatic carbocycles. The summed E-state index contributed by atoms with van der Waals surface area (Å²) in [6, 6.07) is 5.22. The van der Waals surface area contributed by atoms with Crippen LogP contribution in [0.3, 0.4) is 0 Å². The van der Waals surface area contributed by atoms with E-state index in [-0.39, 0.29) is 28.9 Å². The summed E-state index contributed by atoms with van der Waals surface area (Å²) in [7, 11) is 0. The Balaban J connectivity index is 1.99. The first-order chi connectivity index (χ1) is 11.1.